The molecular formula is C18H13Cl2N3O2. The van der Waals surface area contributed by atoms with Gasteiger partial charge in [-0.2, -0.15) is 0 Å². The Morgan fingerprint density at radius 1 is 1.12 bits per heavy atom. The molecule has 0 aliphatic carbocycles. The summed E-state index contributed by atoms with van der Waals surface area (Å²) in [6.07, 6.45) is 1.70. The lowest BCUT2D eigenvalue weighted by Gasteiger charge is -2.08. The molecule has 0 bridgehead atoms. The number of hydrogen-bond donors (Lipinski definition) is 1. The SMILES string of the molecule is O=C(Nc1cc(Cl)cc(Cl)c1)c1ccc2c(=O)n3c(nc2c1)CCC3. The molecule has 4 rings (SSSR count). The van der Waals surface area contributed by atoms with E-state index in [-0.39, 0.29) is 11.5 Å². The van der Waals surface area contributed by atoms with Gasteiger partial charge in [0, 0.05) is 34.3 Å². The van der Waals surface area contributed by atoms with Crippen LogP contribution >= 0.6 is 23.2 Å². The van der Waals surface area contributed by atoms with Crippen molar-refractivity contribution in [3.63, 3.8) is 0 Å². The topological polar surface area (TPSA) is 64.0 Å². The lowest BCUT2D eigenvalue weighted by molar-refractivity contribution is 0.102. The van der Waals surface area contributed by atoms with E-state index in [0.717, 1.165) is 18.7 Å². The Morgan fingerprint density at radius 2 is 1.88 bits per heavy atom. The van der Waals surface area contributed by atoms with Crippen molar-refractivity contribution < 1.29 is 4.79 Å². The van der Waals surface area contributed by atoms with Crippen LogP contribution in [0.3, 0.4) is 0 Å². The summed E-state index contributed by atoms with van der Waals surface area (Å²) in [6.45, 7) is 0.703. The normalized spacial score (nSPS) is 13.0. The van der Waals surface area contributed by atoms with Crippen molar-refractivity contribution in [2.75, 3.05) is 5.32 Å². The number of aryl methyl sites for hydroxylation is 1. The molecule has 0 spiro atoms. The van der Waals surface area contributed by atoms with Crippen molar-refractivity contribution in [2.45, 2.75) is 19.4 Å². The van der Waals surface area contributed by atoms with Crippen LogP contribution in [-0.4, -0.2) is 15.5 Å². The molecule has 1 aromatic heterocycles. The van der Waals surface area contributed by atoms with Gasteiger partial charge in [0.2, 0.25) is 0 Å². The Hall–Kier alpha value is -2.37. The van der Waals surface area contributed by atoms with Crippen molar-refractivity contribution in [3.05, 3.63) is 68.2 Å². The van der Waals surface area contributed by atoms with Gasteiger partial charge in [-0.25, -0.2) is 4.98 Å². The third-order valence-corrected chi connectivity index (χ3v) is 4.64. The number of carbonyl (C=O) groups is 1. The number of aromatic nitrogens is 2. The van der Waals surface area contributed by atoms with E-state index in [1.54, 1.807) is 41.0 Å². The van der Waals surface area contributed by atoms with Crippen LogP contribution in [0.25, 0.3) is 10.9 Å². The van der Waals surface area contributed by atoms with Gasteiger partial charge in [-0.3, -0.25) is 14.2 Å². The Bertz CT molecular complexity index is 1060. The lowest BCUT2D eigenvalue weighted by atomic mass is 10.1. The summed E-state index contributed by atoms with van der Waals surface area (Å²) in [4.78, 5) is 29.5. The molecule has 5 nitrogen and oxygen atoms in total. The molecule has 25 heavy (non-hydrogen) atoms. The van der Waals surface area contributed by atoms with Crippen LogP contribution in [0, 0.1) is 0 Å². The standard InChI is InChI=1S/C18H13Cl2N3O2/c19-11-7-12(20)9-13(8-11)21-17(24)10-3-4-14-15(6-10)22-16-2-1-5-23(16)18(14)25/h3-4,6-9H,1-2,5H2,(H,21,24). The average Bonchev–Trinajstić information content (AvgIpc) is 3.02. The van der Waals surface area contributed by atoms with Gasteiger partial charge in [0.25, 0.3) is 11.5 Å². The van der Waals surface area contributed by atoms with E-state index in [1.165, 1.54) is 0 Å². The first-order valence-corrected chi connectivity index (χ1v) is 8.58. The number of fused-ring (bicyclic) bond motifs is 2. The quantitative estimate of drug-likeness (QED) is 0.740. The number of nitrogens with zero attached hydrogens (tertiary/aromatic N) is 2. The van der Waals surface area contributed by atoms with Crippen molar-refractivity contribution in [1.82, 2.24) is 9.55 Å². The first kappa shape index (κ1) is 16.1. The molecule has 2 heterocycles. The third-order valence-electron chi connectivity index (χ3n) is 4.20. The number of carbonyl (C=O) groups excluding carboxylic acids is 1. The van der Waals surface area contributed by atoms with Gasteiger partial charge in [0.1, 0.15) is 5.82 Å². The maximum Gasteiger partial charge on any atom is 0.261 e. The minimum absolute atomic E-state index is 0.0499. The number of nitrogens with one attached hydrogen (secondary N) is 1. The Kier molecular flexibility index (Phi) is 3.98. The van der Waals surface area contributed by atoms with E-state index < -0.39 is 0 Å². The molecule has 0 unspecified atom stereocenters. The smallest absolute Gasteiger partial charge is 0.261 e. The number of rotatable bonds is 2. The fraction of sp³-hybridized carbons (Fsp3) is 0.167. The summed E-state index contributed by atoms with van der Waals surface area (Å²) in [5, 5.41) is 4.15. The van der Waals surface area contributed by atoms with Crippen LogP contribution < -0.4 is 10.9 Å². The first-order valence-electron chi connectivity index (χ1n) is 7.82. The zero-order valence-corrected chi connectivity index (χ0v) is 14.6. The van der Waals surface area contributed by atoms with Crippen molar-refractivity contribution in [3.8, 4) is 0 Å². The number of hydrogen-bond acceptors (Lipinski definition) is 3. The molecule has 1 aliphatic heterocycles. The molecule has 1 N–H and O–H groups in total. The zero-order chi connectivity index (χ0) is 17.6. The Labute approximate surface area is 153 Å². The van der Waals surface area contributed by atoms with E-state index in [1.807, 2.05) is 0 Å². The molecule has 0 saturated heterocycles. The van der Waals surface area contributed by atoms with Gasteiger partial charge in [-0.15, -0.1) is 0 Å². The highest BCUT2D eigenvalue weighted by atomic mass is 35.5. The molecule has 1 amide bonds. The second-order valence-corrected chi connectivity index (χ2v) is 6.81. The van der Waals surface area contributed by atoms with Crippen molar-refractivity contribution in [1.29, 1.82) is 0 Å². The summed E-state index contributed by atoms with van der Waals surface area (Å²) in [5.74, 6) is 0.458. The maximum absolute atomic E-state index is 12.5. The molecule has 126 valence electrons. The molecule has 2 aromatic carbocycles. The second kappa shape index (κ2) is 6.17. The minimum Gasteiger partial charge on any atom is -0.322 e. The largest absolute Gasteiger partial charge is 0.322 e. The maximum atomic E-state index is 12.5. The van der Waals surface area contributed by atoms with Gasteiger partial charge in [-0.05, 0) is 42.8 Å². The molecule has 7 heteroatoms. The fourth-order valence-corrected chi connectivity index (χ4v) is 3.58. The molecule has 0 radical (unpaired) electrons. The highest BCUT2D eigenvalue weighted by Crippen LogP contribution is 2.23. The molecule has 0 atom stereocenters. The van der Waals surface area contributed by atoms with Gasteiger partial charge >= 0.3 is 0 Å². The predicted molar refractivity (Wildman–Crippen MR) is 98.7 cm³/mol. The fourth-order valence-electron chi connectivity index (χ4n) is 3.05. The summed E-state index contributed by atoms with van der Waals surface area (Å²) in [5.41, 5.74) is 1.41. The molecule has 0 fully saturated rings. The highest BCUT2D eigenvalue weighted by Gasteiger charge is 2.17. The summed E-state index contributed by atoms with van der Waals surface area (Å²) in [7, 11) is 0. The number of benzene rings is 2. The van der Waals surface area contributed by atoms with E-state index >= 15 is 0 Å². The molecule has 0 saturated carbocycles. The second-order valence-electron chi connectivity index (χ2n) is 5.93. The third kappa shape index (κ3) is 3.01. The van der Waals surface area contributed by atoms with Crippen molar-refractivity contribution in [2.24, 2.45) is 0 Å². The molecular weight excluding hydrogens is 361 g/mol. The van der Waals surface area contributed by atoms with Crippen LogP contribution in [-0.2, 0) is 13.0 Å². The minimum atomic E-state index is -0.317. The van der Waals surface area contributed by atoms with Gasteiger partial charge < -0.3 is 5.32 Å². The summed E-state index contributed by atoms with van der Waals surface area (Å²) >= 11 is 11.9. The summed E-state index contributed by atoms with van der Waals surface area (Å²) in [6, 6.07) is 9.73. The van der Waals surface area contributed by atoms with E-state index in [9.17, 15) is 9.59 Å². The van der Waals surface area contributed by atoms with Gasteiger partial charge in [-0.1, -0.05) is 23.2 Å². The van der Waals surface area contributed by atoms with Crippen LogP contribution in [0.4, 0.5) is 5.69 Å². The number of amides is 1. The average molecular weight is 374 g/mol. The monoisotopic (exact) mass is 373 g/mol. The number of anilines is 1. The molecule has 3 aromatic rings. The van der Waals surface area contributed by atoms with Crippen LogP contribution in [0.15, 0.2) is 41.2 Å². The Balaban J connectivity index is 1.70. The predicted octanol–water partition coefficient (Wildman–Crippen LogP) is 3.90. The zero-order valence-electron chi connectivity index (χ0n) is 13.1. The van der Waals surface area contributed by atoms with E-state index in [2.05, 4.69) is 10.3 Å². The van der Waals surface area contributed by atoms with Crippen LogP contribution in [0.5, 0.6) is 0 Å². The van der Waals surface area contributed by atoms with Gasteiger partial charge in [0.15, 0.2) is 0 Å². The first-order chi connectivity index (χ1) is 12.0. The highest BCUT2D eigenvalue weighted by molar-refractivity contribution is 6.35. The lowest BCUT2D eigenvalue weighted by Crippen LogP contribution is -2.21. The van der Waals surface area contributed by atoms with Gasteiger partial charge in [0.05, 0.1) is 10.9 Å². The Morgan fingerprint density at radius 3 is 2.64 bits per heavy atom. The van der Waals surface area contributed by atoms with Crippen LogP contribution in [0.2, 0.25) is 10.0 Å². The summed E-state index contributed by atoms with van der Waals surface area (Å²) < 4.78 is 1.70. The van der Waals surface area contributed by atoms with Crippen LogP contribution in [0.1, 0.15) is 22.6 Å². The number of halogens is 2. The molecule has 1 aliphatic rings. The van der Waals surface area contributed by atoms with E-state index in [4.69, 9.17) is 23.2 Å². The van der Waals surface area contributed by atoms with E-state index in [0.29, 0.717) is 38.7 Å². The van der Waals surface area contributed by atoms with Crippen molar-refractivity contribution >= 4 is 45.7 Å².